The molecule has 7 nitrogen and oxygen atoms in total. The number of aliphatic hydroxyl groups is 1. The number of halogens is 1. The molecular formula is C19H22BrN5O2S2. The SMILES string of the molecule is CC[C@H](CO)Nc1nc(Nc2ccc(S(C)(=N)=O)c(Br)c2)ncc1-c1ccsc1. The fourth-order valence-corrected chi connectivity index (χ4v) is 5.39. The van der Waals surface area contributed by atoms with E-state index in [1.54, 1.807) is 35.7 Å². The lowest BCUT2D eigenvalue weighted by molar-refractivity contribution is 0.271. The molecule has 2 heterocycles. The second-order valence-electron chi connectivity index (χ2n) is 6.51. The Morgan fingerprint density at radius 3 is 2.76 bits per heavy atom. The number of thiophene rings is 1. The van der Waals surface area contributed by atoms with Gasteiger partial charge in [-0.25, -0.2) is 14.0 Å². The number of aromatic nitrogens is 2. The minimum Gasteiger partial charge on any atom is -0.394 e. The van der Waals surface area contributed by atoms with E-state index in [2.05, 4.69) is 36.5 Å². The van der Waals surface area contributed by atoms with Gasteiger partial charge in [-0.1, -0.05) is 6.92 Å². The van der Waals surface area contributed by atoms with Gasteiger partial charge < -0.3 is 15.7 Å². The summed E-state index contributed by atoms with van der Waals surface area (Å²) in [6, 6.07) is 7.03. The monoisotopic (exact) mass is 495 g/mol. The first-order chi connectivity index (χ1) is 13.8. The zero-order valence-corrected chi connectivity index (χ0v) is 19.2. The van der Waals surface area contributed by atoms with Crippen molar-refractivity contribution in [3.05, 3.63) is 45.7 Å². The standard InChI is InChI=1S/C19H22BrN5O2S2/c1-3-13(10-26)23-18-15(12-6-7-28-11-12)9-22-19(25-18)24-14-4-5-17(16(20)8-14)29(2,21)27/h4-9,11,13,21,26H,3,10H2,1-2H3,(H2,22,23,24,25)/t13-,29?/m1/s1. The van der Waals surface area contributed by atoms with Crippen molar-refractivity contribution in [1.82, 2.24) is 9.97 Å². The molecule has 29 heavy (non-hydrogen) atoms. The van der Waals surface area contributed by atoms with E-state index in [0.29, 0.717) is 26.8 Å². The van der Waals surface area contributed by atoms with E-state index in [1.807, 2.05) is 23.8 Å². The maximum absolute atomic E-state index is 12.0. The van der Waals surface area contributed by atoms with Crippen molar-refractivity contribution in [1.29, 1.82) is 4.78 Å². The molecule has 2 aromatic heterocycles. The van der Waals surface area contributed by atoms with E-state index in [9.17, 15) is 9.32 Å². The number of nitrogens with one attached hydrogen (secondary N) is 3. The van der Waals surface area contributed by atoms with Gasteiger partial charge in [0.2, 0.25) is 5.95 Å². The maximum atomic E-state index is 12.0. The molecule has 10 heteroatoms. The average molecular weight is 496 g/mol. The molecule has 3 rings (SSSR count). The van der Waals surface area contributed by atoms with Crippen molar-refractivity contribution >= 4 is 54.4 Å². The Bertz CT molecular complexity index is 1080. The molecule has 1 aromatic carbocycles. The minimum atomic E-state index is -2.82. The molecule has 0 saturated heterocycles. The van der Waals surface area contributed by atoms with E-state index in [4.69, 9.17) is 4.78 Å². The Balaban J connectivity index is 1.93. The summed E-state index contributed by atoms with van der Waals surface area (Å²) in [5.74, 6) is 1.03. The molecule has 1 unspecified atom stereocenters. The van der Waals surface area contributed by atoms with Crippen LogP contribution in [0.15, 0.2) is 50.6 Å². The lowest BCUT2D eigenvalue weighted by Gasteiger charge is -2.18. The summed E-state index contributed by atoms with van der Waals surface area (Å²) in [7, 11) is -2.82. The van der Waals surface area contributed by atoms with Crippen LogP contribution in [0.3, 0.4) is 0 Å². The zero-order chi connectivity index (χ0) is 21.0. The number of hydrogen-bond donors (Lipinski definition) is 4. The Morgan fingerprint density at radius 2 is 2.17 bits per heavy atom. The first kappa shape index (κ1) is 21.7. The van der Waals surface area contributed by atoms with E-state index in [-0.39, 0.29) is 12.6 Å². The third-order valence-electron chi connectivity index (χ3n) is 4.28. The van der Waals surface area contributed by atoms with E-state index in [0.717, 1.165) is 17.5 Å². The first-order valence-corrected chi connectivity index (χ1v) is 12.6. The molecule has 0 bridgehead atoms. The molecule has 0 radical (unpaired) electrons. The van der Waals surface area contributed by atoms with Gasteiger partial charge in [0, 0.05) is 28.2 Å². The molecule has 0 saturated carbocycles. The molecular weight excluding hydrogens is 474 g/mol. The minimum absolute atomic E-state index is 0.00414. The molecule has 0 aliphatic carbocycles. The molecule has 0 spiro atoms. The van der Waals surface area contributed by atoms with Crippen LogP contribution in [-0.2, 0) is 9.73 Å². The Morgan fingerprint density at radius 1 is 1.38 bits per heavy atom. The van der Waals surface area contributed by atoms with Crippen LogP contribution in [-0.4, -0.2) is 38.2 Å². The molecule has 0 aliphatic heterocycles. The predicted molar refractivity (Wildman–Crippen MR) is 123 cm³/mol. The van der Waals surface area contributed by atoms with Crippen LogP contribution in [0.4, 0.5) is 17.5 Å². The maximum Gasteiger partial charge on any atom is 0.229 e. The highest BCUT2D eigenvalue weighted by Gasteiger charge is 2.15. The highest BCUT2D eigenvalue weighted by molar-refractivity contribution is 9.10. The number of aliphatic hydroxyl groups excluding tert-OH is 1. The predicted octanol–water partition coefficient (Wildman–Crippen LogP) is 4.93. The first-order valence-electron chi connectivity index (χ1n) is 8.89. The van der Waals surface area contributed by atoms with Crippen LogP contribution in [0.25, 0.3) is 11.1 Å². The summed E-state index contributed by atoms with van der Waals surface area (Å²) in [4.78, 5) is 9.47. The number of benzene rings is 1. The topological polar surface area (TPSA) is 111 Å². The smallest absolute Gasteiger partial charge is 0.229 e. The van der Waals surface area contributed by atoms with Crippen LogP contribution >= 0.6 is 27.3 Å². The van der Waals surface area contributed by atoms with Crippen LogP contribution in [0.1, 0.15) is 13.3 Å². The van der Waals surface area contributed by atoms with Crippen molar-refractivity contribution in [3.63, 3.8) is 0 Å². The summed E-state index contributed by atoms with van der Waals surface area (Å²) in [6.45, 7) is 2.00. The summed E-state index contributed by atoms with van der Waals surface area (Å²) >= 11 is 4.97. The van der Waals surface area contributed by atoms with E-state index < -0.39 is 9.73 Å². The quantitative estimate of drug-likeness (QED) is 0.352. The largest absolute Gasteiger partial charge is 0.394 e. The normalized spacial score (nSPS) is 14.2. The second-order valence-corrected chi connectivity index (χ2v) is 10.3. The summed E-state index contributed by atoms with van der Waals surface area (Å²) in [6.07, 6.45) is 3.88. The molecule has 0 amide bonds. The van der Waals surface area contributed by atoms with Gasteiger partial charge in [0.05, 0.1) is 27.3 Å². The highest BCUT2D eigenvalue weighted by Crippen LogP contribution is 2.31. The highest BCUT2D eigenvalue weighted by atomic mass is 79.9. The molecule has 2 atom stereocenters. The summed E-state index contributed by atoms with van der Waals surface area (Å²) in [5.41, 5.74) is 2.57. The molecule has 0 fully saturated rings. The van der Waals surface area contributed by atoms with Gasteiger partial charge in [-0.2, -0.15) is 16.3 Å². The van der Waals surface area contributed by atoms with Crippen LogP contribution in [0.5, 0.6) is 0 Å². The van der Waals surface area contributed by atoms with Crippen molar-refractivity contribution in [2.24, 2.45) is 0 Å². The van der Waals surface area contributed by atoms with Crippen molar-refractivity contribution in [2.75, 3.05) is 23.5 Å². The van der Waals surface area contributed by atoms with Crippen molar-refractivity contribution < 1.29 is 9.32 Å². The molecule has 0 aliphatic rings. The van der Waals surface area contributed by atoms with Gasteiger partial charge in [-0.3, -0.25) is 0 Å². The number of nitrogens with zero attached hydrogens (tertiary/aromatic N) is 2. The lowest BCUT2D eigenvalue weighted by Crippen LogP contribution is -2.24. The molecule has 154 valence electrons. The van der Waals surface area contributed by atoms with E-state index >= 15 is 0 Å². The molecule has 3 aromatic rings. The van der Waals surface area contributed by atoms with Gasteiger partial charge in [0.15, 0.2) is 0 Å². The Labute approximate surface area is 182 Å². The third-order valence-corrected chi connectivity index (χ3v) is 7.08. The van der Waals surface area contributed by atoms with Crippen LogP contribution < -0.4 is 10.6 Å². The number of hydrogen-bond acceptors (Lipinski definition) is 8. The fraction of sp³-hybridized carbons (Fsp3) is 0.263. The van der Waals surface area contributed by atoms with Gasteiger partial charge in [-0.05, 0) is 62.9 Å². The van der Waals surface area contributed by atoms with Crippen molar-refractivity contribution in [3.8, 4) is 11.1 Å². The van der Waals surface area contributed by atoms with Gasteiger partial charge in [0.1, 0.15) is 5.82 Å². The lowest BCUT2D eigenvalue weighted by atomic mass is 10.1. The van der Waals surface area contributed by atoms with Gasteiger partial charge in [0.25, 0.3) is 0 Å². The number of anilines is 3. The van der Waals surface area contributed by atoms with E-state index in [1.165, 1.54) is 6.26 Å². The fourth-order valence-electron chi connectivity index (χ4n) is 2.67. The number of rotatable bonds is 8. The summed E-state index contributed by atoms with van der Waals surface area (Å²) < 4.78 is 20.3. The molecule has 4 N–H and O–H groups in total. The second kappa shape index (κ2) is 9.21. The van der Waals surface area contributed by atoms with Crippen LogP contribution in [0, 0.1) is 4.78 Å². The average Bonchev–Trinajstić information content (AvgIpc) is 3.19. The summed E-state index contributed by atoms with van der Waals surface area (Å²) in [5, 5.41) is 20.0. The zero-order valence-electron chi connectivity index (χ0n) is 16.0. The van der Waals surface area contributed by atoms with Gasteiger partial charge >= 0.3 is 0 Å². The Hall–Kier alpha value is -2.01. The van der Waals surface area contributed by atoms with Crippen LogP contribution in [0.2, 0.25) is 0 Å². The van der Waals surface area contributed by atoms with Gasteiger partial charge in [-0.15, -0.1) is 0 Å². The van der Waals surface area contributed by atoms with Crippen molar-refractivity contribution in [2.45, 2.75) is 24.3 Å². The third kappa shape index (κ3) is 5.33. The Kier molecular flexibility index (Phi) is 6.89.